The summed E-state index contributed by atoms with van der Waals surface area (Å²) in [4.78, 5) is 0. The summed E-state index contributed by atoms with van der Waals surface area (Å²) in [6.07, 6.45) is 0. The van der Waals surface area contributed by atoms with Crippen molar-refractivity contribution in [3.63, 3.8) is 0 Å². The Morgan fingerprint density at radius 3 is 2.73 bits per heavy atom. The number of anilines is 1. The average Bonchev–Trinajstić information content (AvgIpc) is 2.95. The molecule has 0 bridgehead atoms. The van der Waals surface area contributed by atoms with E-state index in [2.05, 4.69) is 17.2 Å². The minimum atomic E-state index is 0.226. The molecular weight excluding hydrogens is 328 g/mol. The molecule has 26 heavy (non-hydrogen) atoms. The first-order valence-electron chi connectivity index (χ1n) is 8.19. The molecule has 0 spiro atoms. The van der Waals surface area contributed by atoms with Gasteiger partial charge in [0.05, 0.1) is 13.7 Å². The van der Waals surface area contributed by atoms with Gasteiger partial charge in [-0.3, -0.25) is 0 Å². The van der Waals surface area contributed by atoms with Gasteiger partial charge < -0.3 is 15.2 Å². The summed E-state index contributed by atoms with van der Waals surface area (Å²) in [7, 11) is 1.61. The number of nitrogen functional groups attached to an aromatic ring is 1. The number of rotatable bonds is 6. The summed E-state index contributed by atoms with van der Waals surface area (Å²) in [6.45, 7) is 2.73. The van der Waals surface area contributed by atoms with E-state index in [4.69, 9.17) is 15.2 Å². The lowest BCUT2D eigenvalue weighted by atomic mass is 10.1. The quantitative estimate of drug-likeness (QED) is 0.739. The van der Waals surface area contributed by atoms with Crippen molar-refractivity contribution in [3.05, 3.63) is 70.8 Å². The van der Waals surface area contributed by atoms with Crippen molar-refractivity contribution in [1.29, 1.82) is 5.26 Å². The van der Waals surface area contributed by atoms with Crippen LogP contribution in [-0.4, -0.2) is 16.9 Å². The topological polar surface area (TPSA) is 86.1 Å². The Kier molecular flexibility index (Phi) is 5.09. The molecule has 6 nitrogen and oxygen atoms in total. The van der Waals surface area contributed by atoms with Gasteiger partial charge >= 0.3 is 0 Å². The second kappa shape index (κ2) is 7.62. The Morgan fingerprint density at radius 2 is 2.00 bits per heavy atom. The number of aryl methyl sites for hydroxylation is 1. The molecule has 1 heterocycles. The Balaban J connectivity index is 1.83. The number of para-hydroxylation sites is 1. The maximum absolute atomic E-state index is 9.43. The lowest BCUT2D eigenvalue weighted by Gasteiger charge is -2.08. The van der Waals surface area contributed by atoms with E-state index in [0.717, 1.165) is 22.4 Å². The van der Waals surface area contributed by atoms with Crippen LogP contribution in [0.15, 0.2) is 48.5 Å². The van der Waals surface area contributed by atoms with Gasteiger partial charge in [0.25, 0.3) is 5.88 Å². The number of aromatic nitrogens is 2. The third kappa shape index (κ3) is 3.62. The molecule has 0 radical (unpaired) electrons. The molecule has 0 aliphatic carbocycles. The summed E-state index contributed by atoms with van der Waals surface area (Å²) in [5.41, 5.74) is 9.42. The first-order chi connectivity index (χ1) is 12.6. The summed E-state index contributed by atoms with van der Waals surface area (Å²) in [6, 6.07) is 17.7. The lowest BCUT2D eigenvalue weighted by molar-refractivity contribution is 0.281. The normalized spacial score (nSPS) is 10.3. The molecule has 2 N–H and O–H groups in total. The Morgan fingerprint density at radius 1 is 1.19 bits per heavy atom. The molecule has 0 aliphatic rings. The third-order valence-electron chi connectivity index (χ3n) is 4.04. The van der Waals surface area contributed by atoms with Gasteiger partial charge in [-0.05, 0) is 18.6 Å². The van der Waals surface area contributed by atoms with Crippen LogP contribution >= 0.6 is 0 Å². The minimum absolute atomic E-state index is 0.226. The van der Waals surface area contributed by atoms with Gasteiger partial charge in [-0.15, -0.1) is 5.10 Å². The number of hydrogen-bond acceptors (Lipinski definition) is 5. The zero-order valence-electron chi connectivity index (χ0n) is 14.8. The van der Waals surface area contributed by atoms with Gasteiger partial charge in [-0.25, -0.2) is 4.68 Å². The Hall–Kier alpha value is -3.46. The molecule has 1 aromatic heterocycles. The number of methoxy groups -OCH3 is 1. The van der Waals surface area contributed by atoms with Crippen molar-refractivity contribution in [1.82, 2.24) is 9.78 Å². The second-order valence-electron chi connectivity index (χ2n) is 5.92. The molecule has 0 unspecified atom stereocenters. The van der Waals surface area contributed by atoms with E-state index in [-0.39, 0.29) is 18.1 Å². The van der Waals surface area contributed by atoms with Gasteiger partial charge in [0.2, 0.25) is 0 Å². The fraction of sp³-hybridized carbons (Fsp3) is 0.200. The van der Waals surface area contributed by atoms with Gasteiger partial charge in [0.15, 0.2) is 5.56 Å². The van der Waals surface area contributed by atoms with E-state index in [9.17, 15) is 5.26 Å². The smallest absolute Gasteiger partial charge is 0.253 e. The largest absolute Gasteiger partial charge is 0.496 e. The van der Waals surface area contributed by atoms with E-state index in [1.807, 2.05) is 49.4 Å². The summed E-state index contributed by atoms with van der Waals surface area (Å²) < 4.78 is 12.7. The second-order valence-corrected chi connectivity index (χ2v) is 5.92. The van der Waals surface area contributed by atoms with Crippen LogP contribution < -0.4 is 15.2 Å². The van der Waals surface area contributed by atoms with Gasteiger partial charge in [-0.1, -0.05) is 48.0 Å². The van der Waals surface area contributed by atoms with Crippen molar-refractivity contribution in [2.24, 2.45) is 0 Å². The highest BCUT2D eigenvalue weighted by molar-refractivity contribution is 5.55. The van der Waals surface area contributed by atoms with Crippen LogP contribution in [0.2, 0.25) is 0 Å². The molecule has 0 saturated carbocycles. The van der Waals surface area contributed by atoms with Crippen molar-refractivity contribution >= 4 is 5.82 Å². The zero-order valence-corrected chi connectivity index (χ0v) is 14.8. The fourth-order valence-corrected chi connectivity index (χ4v) is 2.73. The van der Waals surface area contributed by atoms with Crippen LogP contribution in [0.4, 0.5) is 5.82 Å². The lowest BCUT2D eigenvalue weighted by Crippen LogP contribution is -2.06. The Bertz CT molecular complexity index is 957. The maximum atomic E-state index is 9.43. The van der Waals surface area contributed by atoms with Crippen LogP contribution in [0.25, 0.3) is 0 Å². The number of ether oxygens (including phenoxy) is 2. The highest BCUT2D eigenvalue weighted by atomic mass is 16.5. The first kappa shape index (κ1) is 17.4. The van der Waals surface area contributed by atoms with E-state index in [1.165, 1.54) is 0 Å². The predicted octanol–water partition coefficient (Wildman–Crippen LogP) is 3.28. The maximum Gasteiger partial charge on any atom is 0.253 e. The number of nitrogens with two attached hydrogens (primary N) is 1. The average molecular weight is 348 g/mol. The number of nitriles is 1. The zero-order chi connectivity index (χ0) is 18.5. The van der Waals surface area contributed by atoms with Crippen molar-refractivity contribution in [2.75, 3.05) is 12.8 Å². The van der Waals surface area contributed by atoms with E-state index >= 15 is 0 Å². The standard InChI is InChI=1S/C20H20N4O2/c1-14-6-5-7-15(10-14)12-24-19(22)17(11-21)20(23-24)26-13-16-8-3-4-9-18(16)25-2/h3-10H,12-13,22H2,1-2H3. The number of nitrogens with zero attached hydrogens (tertiary/aromatic N) is 3. The fourth-order valence-electron chi connectivity index (χ4n) is 2.73. The van der Waals surface area contributed by atoms with Gasteiger partial charge in [-0.2, -0.15) is 5.26 Å². The van der Waals surface area contributed by atoms with Crippen LogP contribution in [0.3, 0.4) is 0 Å². The molecule has 0 aliphatic heterocycles. The van der Waals surface area contributed by atoms with Crippen molar-refractivity contribution < 1.29 is 9.47 Å². The highest BCUT2D eigenvalue weighted by Crippen LogP contribution is 2.26. The summed E-state index contributed by atoms with van der Waals surface area (Å²) in [5.74, 6) is 1.24. The molecule has 0 atom stereocenters. The van der Waals surface area contributed by atoms with Crippen LogP contribution in [-0.2, 0) is 13.2 Å². The van der Waals surface area contributed by atoms with E-state index < -0.39 is 0 Å². The highest BCUT2D eigenvalue weighted by Gasteiger charge is 2.17. The molecular formula is C20H20N4O2. The molecule has 0 amide bonds. The van der Waals surface area contributed by atoms with Crippen LogP contribution in [0, 0.1) is 18.3 Å². The Labute approximate surface area is 152 Å². The molecule has 2 aromatic carbocycles. The summed E-state index contributed by atoms with van der Waals surface area (Å²) in [5, 5.41) is 13.8. The third-order valence-corrected chi connectivity index (χ3v) is 4.04. The first-order valence-corrected chi connectivity index (χ1v) is 8.19. The van der Waals surface area contributed by atoms with Gasteiger partial charge in [0.1, 0.15) is 24.2 Å². The van der Waals surface area contributed by atoms with E-state index in [1.54, 1.807) is 11.8 Å². The van der Waals surface area contributed by atoms with Crippen LogP contribution in [0.5, 0.6) is 11.6 Å². The van der Waals surface area contributed by atoms with Crippen molar-refractivity contribution in [3.8, 4) is 17.7 Å². The summed E-state index contributed by atoms with van der Waals surface area (Å²) >= 11 is 0. The number of benzene rings is 2. The monoisotopic (exact) mass is 348 g/mol. The SMILES string of the molecule is COc1ccccc1COc1nn(Cc2cccc(C)c2)c(N)c1C#N. The van der Waals surface area contributed by atoms with Gasteiger partial charge in [0, 0.05) is 5.56 Å². The molecule has 0 fully saturated rings. The molecule has 132 valence electrons. The molecule has 0 saturated heterocycles. The minimum Gasteiger partial charge on any atom is -0.496 e. The van der Waals surface area contributed by atoms with Crippen LogP contribution in [0.1, 0.15) is 22.3 Å². The predicted molar refractivity (Wildman–Crippen MR) is 99.0 cm³/mol. The van der Waals surface area contributed by atoms with E-state index in [0.29, 0.717) is 12.4 Å². The van der Waals surface area contributed by atoms with Crippen molar-refractivity contribution in [2.45, 2.75) is 20.1 Å². The number of hydrogen-bond donors (Lipinski definition) is 1. The molecule has 3 aromatic rings. The molecule has 6 heteroatoms. The molecule has 3 rings (SSSR count).